The maximum absolute atomic E-state index is 11.1. The number of hydrogen-bond donors (Lipinski definition) is 3. The molecule has 0 fully saturated rings. The highest BCUT2D eigenvalue weighted by atomic mass is 16.4. The van der Waals surface area contributed by atoms with Gasteiger partial charge in [0.25, 0.3) is 0 Å². The summed E-state index contributed by atoms with van der Waals surface area (Å²) in [5, 5.41) is 11.4. The lowest BCUT2D eigenvalue weighted by Crippen LogP contribution is -2.27. The van der Waals surface area contributed by atoms with Gasteiger partial charge in [-0.05, 0) is 17.7 Å². The molecule has 1 unspecified atom stereocenters. The number of nitrogens with one attached hydrogen (secondary N) is 2. The first-order chi connectivity index (χ1) is 8.95. The van der Waals surface area contributed by atoms with E-state index in [9.17, 15) is 14.4 Å². The lowest BCUT2D eigenvalue weighted by atomic mass is 10.0. The average Bonchev–Trinajstić information content (AvgIpc) is 2.65. The molecule has 100 valence electrons. The summed E-state index contributed by atoms with van der Waals surface area (Å²) in [5.74, 6) is -1.94. The minimum absolute atomic E-state index is 0.243. The summed E-state index contributed by atoms with van der Waals surface area (Å²) in [6.07, 6.45) is -0.243. The van der Waals surface area contributed by atoms with Gasteiger partial charge in [-0.3, -0.25) is 14.6 Å². The van der Waals surface area contributed by atoms with Crippen molar-refractivity contribution in [2.24, 2.45) is 0 Å². The SMILES string of the molecule is CC(=O)NC(CC(=O)O)c1ccc2oc(=O)[nH]c2c1. The molecule has 0 aliphatic rings. The summed E-state index contributed by atoms with van der Waals surface area (Å²) >= 11 is 0. The molecule has 2 aromatic rings. The van der Waals surface area contributed by atoms with Crippen molar-refractivity contribution in [3.05, 3.63) is 34.3 Å². The summed E-state index contributed by atoms with van der Waals surface area (Å²) in [6.45, 7) is 1.31. The lowest BCUT2D eigenvalue weighted by Gasteiger charge is -2.16. The van der Waals surface area contributed by atoms with Gasteiger partial charge in [0.15, 0.2) is 5.58 Å². The topological polar surface area (TPSA) is 112 Å². The Morgan fingerprint density at radius 2 is 2.21 bits per heavy atom. The molecule has 1 amide bonds. The van der Waals surface area contributed by atoms with Crippen LogP contribution in [0.5, 0.6) is 0 Å². The Morgan fingerprint density at radius 3 is 2.84 bits per heavy atom. The molecule has 7 heteroatoms. The number of carbonyl (C=O) groups is 2. The van der Waals surface area contributed by atoms with Crippen LogP contribution in [0.4, 0.5) is 0 Å². The highest BCUT2D eigenvalue weighted by Gasteiger charge is 2.17. The van der Waals surface area contributed by atoms with E-state index in [0.717, 1.165) is 0 Å². The summed E-state index contributed by atoms with van der Waals surface area (Å²) < 4.78 is 4.85. The van der Waals surface area contributed by atoms with Gasteiger partial charge in [-0.25, -0.2) is 4.79 Å². The third kappa shape index (κ3) is 3.01. The molecule has 0 radical (unpaired) electrons. The van der Waals surface area contributed by atoms with Crippen molar-refractivity contribution < 1.29 is 19.1 Å². The van der Waals surface area contributed by atoms with Crippen LogP contribution in [-0.2, 0) is 9.59 Å². The van der Waals surface area contributed by atoms with Crippen molar-refractivity contribution in [2.75, 3.05) is 0 Å². The van der Waals surface area contributed by atoms with Crippen LogP contribution in [0.3, 0.4) is 0 Å². The average molecular weight is 264 g/mol. The highest BCUT2D eigenvalue weighted by Crippen LogP contribution is 2.21. The number of carboxylic acid groups (broad SMARTS) is 1. The number of hydrogen-bond acceptors (Lipinski definition) is 4. The van der Waals surface area contributed by atoms with Crippen molar-refractivity contribution in [3.8, 4) is 0 Å². The van der Waals surface area contributed by atoms with E-state index in [1.54, 1.807) is 18.2 Å². The molecule has 7 nitrogen and oxygen atoms in total. The van der Waals surface area contributed by atoms with E-state index in [1.807, 2.05) is 0 Å². The number of carbonyl (C=O) groups excluding carboxylic acids is 1. The van der Waals surface area contributed by atoms with Crippen molar-refractivity contribution in [2.45, 2.75) is 19.4 Å². The molecular formula is C12H12N2O5. The fourth-order valence-corrected chi connectivity index (χ4v) is 1.86. The van der Waals surface area contributed by atoms with Crippen LogP contribution in [0.2, 0.25) is 0 Å². The number of aliphatic carboxylic acids is 1. The molecule has 0 saturated carbocycles. The van der Waals surface area contributed by atoms with Crippen molar-refractivity contribution in [1.82, 2.24) is 10.3 Å². The van der Waals surface area contributed by atoms with Crippen LogP contribution in [-0.4, -0.2) is 22.0 Å². The summed E-state index contributed by atoms with van der Waals surface area (Å²) in [4.78, 5) is 35.4. The van der Waals surface area contributed by atoms with Gasteiger partial charge in [0.05, 0.1) is 18.0 Å². The summed E-state index contributed by atoms with van der Waals surface area (Å²) in [7, 11) is 0. The molecule has 0 aliphatic heterocycles. The van der Waals surface area contributed by atoms with Gasteiger partial charge in [0.1, 0.15) is 0 Å². The van der Waals surface area contributed by atoms with E-state index < -0.39 is 17.8 Å². The second-order valence-corrected chi connectivity index (χ2v) is 4.12. The first kappa shape index (κ1) is 12.9. The number of aromatic amines is 1. The Kier molecular flexibility index (Phi) is 3.37. The second-order valence-electron chi connectivity index (χ2n) is 4.12. The Bertz CT molecular complexity index is 669. The predicted octanol–water partition coefficient (Wildman–Crippen LogP) is 0.773. The number of amides is 1. The van der Waals surface area contributed by atoms with Gasteiger partial charge in [-0.1, -0.05) is 6.07 Å². The molecule has 1 atom stereocenters. The third-order valence-electron chi connectivity index (χ3n) is 2.60. The largest absolute Gasteiger partial charge is 0.481 e. The fraction of sp³-hybridized carbons (Fsp3) is 0.250. The van der Waals surface area contributed by atoms with Crippen LogP contribution >= 0.6 is 0 Å². The van der Waals surface area contributed by atoms with Crippen molar-refractivity contribution in [1.29, 1.82) is 0 Å². The lowest BCUT2D eigenvalue weighted by molar-refractivity contribution is -0.137. The molecule has 19 heavy (non-hydrogen) atoms. The van der Waals surface area contributed by atoms with Crippen LogP contribution in [0.15, 0.2) is 27.4 Å². The Morgan fingerprint density at radius 1 is 1.47 bits per heavy atom. The maximum Gasteiger partial charge on any atom is 0.417 e. The Labute approximate surface area is 107 Å². The molecule has 3 N–H and O–H groups in total. The zero-order valence-electron chi connectivity index (χ0n) is 10.1. The summed E-state index contributed by atoms with van der Waals surface area (Å²) in [6, 6.07) is 4.10. The van der Waals surface area contributed by atoms with Crippen molar-refractivity contribution in [3.63, 3.8) is 0 Å². The Balaban J connectivity index is 2.39. The van der Waals surface area contributed by atoms with Gasteiger partial charge >= 0.3 is 11.7 Å². The van der Waals surface area contributed by atoms with E-state index in [0.29, 0.717) is 16.7 Å². The smallest absolute Gasteiger partial charge is 0.417 e. The first-order valence-electron chi connectivity index (χ1n) is 5.57. The quantitative estimate of drug-likeness (QED) is 0.755. The zero-order valence-corrected chi connectivity index (χ0v) is 10.1. The number of carboxylic acids is 1. The van der Waals surface area contributed by atoms with Crippen LogP contribution < -0.4 is 11.1 Å². The molecule has 0 aliphatic carbocycles. The number of aromatic nitrogens is 1. The van der Waals surface area contributed by atoms with E-state index in [1.165, 1.54) is 6.92 Å². The highest BCUT2D eigenvalue weighted by molar-refractivity contribution is 5.77. The number of benzene rings is 1. The van der Waals surface area contributed by atoms with E-state index in [-0.39, 0.29) is 12.3 Å². The fourth-order valence-electron chi connectivity index (χ4n) is 1.86. The minimum Gasteiger partial charge on any atom is -0.481 e. The number of H-pyrrole nitrogens is 1. The standard InChI is InChI=1S/C12H12N2O5/c1-6(15)13-8(5-11(16)17)7-2-3-10-9(4-7)14-12(18)19-10/h2-4,8H,5H2,1H3,(H,13,15)(H,14,18)(H,16,17). The van der Waals surface area contributed by atoms with Gasteiger partial charge in [-0.2, -0.15) is 0 Å². The molecule has 1 aromatic heterocycles. The van der Waals surface area contributed by atoms with Crippen molar-refractivity contribution >= 4 is 23.0 Å². The zero-order chi connectivity index (χ0) is 14.0. The molecule has 1 aromatic carbocycles. The van der Waals surface area contributed by atoms with Crippen LogP contribution in [0, 0.1) is 0 Å². The molecule has 0 spiro atoms. The number of oxazole rings is 1. The van der Waals surface area contributed by atoms with E-state index >= 15 is 0 Å². The van der Waals surface area contributed by atoms with Crippen LogP contribution in [0.1, 0.15) is 24.9 Å². The molecular weight excluding hydrogens is 252 g/mol. The molecule has 0 bridgehead atoms. The molecule has 0 saturated heterocycles. The number of rotatable bonds is 4. The third-order valence-corrected chi connectivity index (χ3v) is 2.60. The maximum atomic E-state index is 11.1. The molecule has 1 heterocycles. The molecule has 2 rings (SSSR count). The van der Waals surface area contributed by atoms with Gasteiger partial charge in [-0.15, -0.1) is 0 Å². The normalized spacial score (nSPS) is 12.3. The minimum atomic E-state index is -1.03. The van der Waals surface area contributed by atoms with E-state index in [2.05, 4.69) is 10.3 Å². The first-order valence-corrected chi connectivity index (χ1v) is 5.57. The van der Waals surface area contributed by atoms with E-state index in [4.69, 9.17) is 9.52 Å². The van der Waals surface area contributed by atoms with Gasteiger partial charge in [0, 0.05) is 6.92 Å². The number of fused-ring (bicyclic) bond motifs is 1. The second kappa shape index (κ2) is 4.97. The van der Waals surface area contributed by atoms with Crippen LogP contribution in [0.25, 0.3) is 11.1 Å². The van der Waals surface area contributed by atoms with Gasteiger partial charge in [0.2, 0.25) is 5.91 Å². The Hall–Kier alpha value is -2.57. The van der Waals surface area contributed by atoms with Gasteiger partial charge < -0.3 is 14.8 Å². The predicted molar refractivity (Wildman–Crippen MR) is 65.6 cm³/mol. The monoisotopic (exact) mass is 264 g/mol. The summed E-state index contributed by atoms with van der Waals surface area (Å²) in [5.41, 5.74) is 1.43.